The van der Waals surface area contributed by atoms with Gasteiger partial charge in [0.1, 0.15) is 0 Å². The molecule has 2 aromatic carbocycles. The van der Waals surface area contributed by atoms with Crippen molar-refractivity contribution in [1.82, 2.24) is 4.98 Å². The van der Waals surface area contributed by atoms with Crippen molar-refractivity contribution in [1.29, 1.82) is 0 Å². The zero-order valence-electron chi connectivity index (χ0n) is 14.1. The maximum Gasteiger partial charge on any atom is 0.338 e. The zero-order chi connectivity index (χ0) is 17.1. The lowest BCUT2D eigenvalue weighted by Crippen LogP contribution is -2.05. The van der Waals surface area contributed by atoms with Crippen molar-refractivity contribution < 1.29 is 9.53 Å². The van der Waals surface area contributed by atoms with Gasteiger partial charge in [0.15, 0.2) is 0 Å². The number of anilines is 2. The maximum absolute atomic E-state index is 11.9. The third-order valence-corrected chi connectivity index (χ3v) is 4.09. The van der Waals surface area contributed by atoms with Crippen LogP contribution in [0.15, 0.2) is 48.7 Å². The van der Waals surface area contributed by atoms with Crippen molar-refractivity contribution in [2.45, 2.75) is 20.8 Å². The van der Waals surface area contributed by atoms with Gasteiger partial charge in [-0.1, -0.05) is 18.2 Å². The first-order chi connectivity index (χ1) is 11.6. The summed E-state index contributed by atoms with van der Waals surface area (Å²) in [6.07, 6.45) is 1.80. The summed E-state index contributed by atoms with van der Waals surface area (Å²) in [5.74, 6) is -0.313. The molecule has 0 spiro atoms. The first-order valence-electron chi connectivity index (χ1n) is 7.99. The van der Waals surface area contributed by atoms with Crippen LogP contribution in [0.3, 0.4) is 0 Å². The summed E-state index contributed by atoms with van der Waals surface area (Å²) < 4.78 is 5.06. The molecule has 0 aliphatic rings. The molecule has 0 radical (unpaired) electrons. The first-order valence-corrected chi connectivity index (χ1v) is 7.99. The second-order valence-corrected chi connectivity index (χ2v) is 5.69. The Hall–Kier alpha value is -2.88. The van der Waals surface area contributed by atoms with Crippen LogP contribution in [0.2, 0.25) is 0 Å². The van der Waals surface area contributed by atoms with E-state index in [2.05, 4.69) is 36.3 Å². The molecule has 0 saturated carbocycles. The van der Waals surface area contributed by atoms with Gasteiger partial charge in [0.25, 0.3) is 0 Å². The molecule has 1 heterocycles. The molecule has 0 amide bonds. The number of nitrogens with zero attached hydrogens (tertiary/aromatic N) is 1. The number of carbonyl (C=O) groups is 1. The minimum absolute atomic E-state index is 0.313. The molecule has 1 aromatic heterocycles. The number of hydrogen-bond donors (Lipinski definition) is 1. The predicted molar refractivity (Wildman–Crippen MR) is 96.9 cm³/mol. The lowest BCUT2D eigenvalue weighted by Gasteiger charge is -2.12. The van der Waals surface area contributed by atoms with Crippen molar-refractivity contribution in [3.05, 3.63) is 65.4 Å². The molecule has 0 unspecified atom stereocenters. The number of ether oxygens (including phenoxy) is 1. The van der Waals surface area contributed by atoms with E-state index in [0.29, 0.717) is 12.2 Å². The summed E-state index contributed by atoms with van der Waals surface area (Å²) in [5, 5.41) is 4.44. The number of aromatic nitrogens is 1. The number of esters is 1. The van der Waals surface area contributed by atoms with Crippen LogP contribution in [0.1, 0.15) is 28.4 Å². The fourth-order valence-corrected chi connectivity index (χ4v) is 2.66. The van der Waals surface area contributed by atoms with Crippen molar-refractivity contribution >= 4 is 28.2 Å². The van der Waals surface area contributed by atoms with E-state index < -0.39 is 0 Å². The Labute approximate surface area is 141 Å². The lowest BCUT2D eigenvalue weighted by atomic mass is 10.0. The molecular weight excluding hydrogens is 300 g/mol. The first kappa shape index (κ1) is 16.0. The van der Waals surface area contributed by atoms with E-state index in [0.717, 1.165) is 22.3 Å². The molecule has 4 nitrogen and oxygen atoms in total. The third-order valence-electron chi connectivity index (χ3n) is 4.09. The molecule has 122 valence electrons. The molecule has 0 atom stereocenters. The topological polar surface area (TPSA) is 51.2 Å². The van der Waals surface area contributed by atoms with Crippen molar-refractivity contribution in [2.75, 3.05) is 11.9 Å². The summed E-state index contributed by atoms with van der Waals surface area (Å²) in [5.41, 5.74) is 5.72. The number of nitrogens with one attached hydrogen (secondary N) is 1. The average Bonchev–Trinajstić information content (AvgIpc) is 2.59. The van der Waals surface area contributed by atoms with Gasteiger partial charge in [-0.05, 0) is 56.2 Å². The molecule has 3 rings (SSSR count). The summed E-state index contributed by atoms with van der Waals surface area (Å²) in [4.78, 5) is 16.4. The Kier molecular flexibility index (Phi) is 4.47. The van der Waals surface area contributed by atoms with Crippen LogP contribution in [-0.2, 0) is 4.74 Å². The Morgan fingerprint density at radius 2 is 2.00 bits per heavy atom. The fourth-order valence-electron chi connectivity index (χ4n) is 2.66. The summed E-state index contributed by atoms with van der Waals surface area (Å²) >= 11 is 0. The molecule has 1 N–H and O–H groups in total. The highest BCUT2D eigenvalue weighted by molar-refractivity contribution is 5.96. The molecule has 0 bridgehead atoms. The van der Waals surface area contributed by atoms with Crippen LogP contribution >= 0.6 is 0 Å². The molecule has 0 aliphatic carbocycles. The largest absolute Gasteiger partial charge is 0.462 e. The predicted octanol–water partition coefficient (Wildman–Crippen LogP) is 4.77. The molecule has 4 heteroatoms. The number of rotatable bonds is 4. The van der Waals surface area contributed by atoms with Crippen LogP contribution in [0, 0.1) is 13.8 Å². The van der Waals surface area contributed by atoms with Crippen molar-refractivity contribution in [3.63, 3.8) is 0 Å². The number of benzene rings is 2. The van der Waals surface area contributed by atoms with Gasteiger partial charge in [0.2, 0.25) is 0 Å². The normalized spacial score (nSPS) is 10.6. The standard InChI is InChI=1S/C20H20N2O2/c1-4-24-20(23)15-6-5-7-16(12-15)22-18-10-11-21-19-14(3)13(2)8-9-17(18)19/h5-12H,4H2,1-3H3,(H,21,22). The number of fused-ring (bicyclic) bond motifs is 1. The molecule has 24 heavy (non-hydrogen) atoms. The summed E-state index contributed by atoms with van der Waals surface area (Å²) in [6.45, 7) is 6.33. The van der Waals surface area contributed by atoms with E-state index >= 15 is 0 Å². The van der Waals surface area contributed by atoms with E-state index in [1.807, 2.05) is 18.2 Å². The number of hydrogen-bond acceptors (Lipinski definition) is 4. The minimum atomic E-state index is -0.313. The third kappa shape index (κ3) is 3.08. The Balaban J connectivity index is 1.97. The Morgan fingerprint density at radius 3 is 2.79 bits per heavy atom. The maximum atomic E-state index is 11.9. The Bertz CT molecular complexity index is 903. The lowest BCUT2D eigenvalue weighted by molar-refractivity contribution is 0.0526. The average molecular weight is 320 g/mol. The van der Waals surface area contributed by atoms with Crippen molar-refractivity contribution in [3.8, 4) is 0 Å². The van der Waals surface area contributed by atoms with Gasteiger partial charge < -0.3 is 10.1 Å². The van der Waals surface area contributed by atoms with Crippen LogP contribution in [-0.4, -0.2) is 17.6 Å². The van der Waals surface area contributed by atoms with Crippen LogP contribution in [0.4, 0.5) is 11.4 Å². The molecule has 0 fully saturated rings. The monoisotopic (exact) mass is 320 g/mol. The van der Waals surface area contributed by atoms with Gasteiger partial charge in [-0.15, -0.1) is 0 Å². The van der Waals surface area contributed by atoms with Crippen molar-refractivity contribution in [2.24, 2.45) is 0 Å². The second-order valence-electron chi connectivity index (χ2n) is 5.69. The molecule has 0 saturated heterocycles. The second kappa shape index (κ2) is 6.71. The molecule has 3 aromatic rings. The quantitative estimate of drug-likeness (QED) is 0.703. The minimum Gasteiger partial charge on any atom is -0.462 e. The van der Waals surface area contributed by atoms with Gasteiger partial charge in [-0.2, -0.15) is 0 Å². The van der Waals surface area contributed by atoms with Crippen LogP contribution in [0.25, 0.3) is 10.9 Å². The molecular formula is C20H20N2O2. The molecule has 0 aliphatic heterocycles. The van der Waals surface area contributed by atoms with Crippen LogP contribution < -0.4 is 5.32 Å². The van der Waals surface area contributed by atoms with Crippen LogP contribution in [0.5, 0.6) is 0 Å². The summed E-state index contributed by atoms with van der Waals surface area (Å²) in [6, 6.07) is 13.4. The van der Waals surface area contributed by atoms with E-state index in [-0.39, 0.29) is 5.97 Å². The highest BCUT2D eigenvalue weighted by Gasteiger charge is 2.09. The highest BCUT2D eigenvalue weighted by Crippen LogP contribution is 2.28. The van der Waals surface area contributed by atoms with E-state index in [1.54, 1.807) is 25.3 Å². The highest BCUT2D eigenvalue weighted by atomic mass is 16.5. The number of aryl methyl sites for hydroxylation is 2. The van der Waals surface area contributed by atoms with Gasteiger partial charge in [-0.3, -0.25) is 4.98 Å². The summed E-state index contributed by atoms with van der Waals surface area (Å²) in [7, 11) is 0. The van der Waals surface area contributed by atoms with E-state index in [4.69, 9.17) is 4.74 Å². The fraction of sp³-hybridized carbons (Fsp3) is 0.200. The number of pyridine rings is 1. The van der Waals surface area contributed by atoms with Gasteiger partial charge >= 0.3 is 5.97 Å². The Morgan fingerprint density at radius 1 is 1.17 bits per heavy atom. The van der Waals surface area contributed by atoms with E-state index in [9.17, 15) is 4.79 Å². The number of carbonyl (C=O) groups excluding carboxylic acids is 1. The van der Waals surface area contributed by atoms with Gasteiger partial charge in [-0.25, -0.2) is 4.79 Å². The smallest absolute Gasteiger partial charge is 0.338 e. The SMILES string of the molecule is CCOC(=O)c1cccc(Nc2ccnc3c(C)c(C)ccc23)c1. The van der Waals surface area contributed by atoms with Gasteiger partial charge in [0.05, 0.1) is 17.7 Å². The van der Waals surface area contributed by atoms with Gasteiger partial charge in [0, 0.05) is 23.0 Å². The van der Waals surface area contributed by atoms with E-state index in [1.165, 1.54) is 11.1 Å². The zero-order valence-corrected chi connectivity index (χ0v) is 14.1.